The second-order valence-corrected chi connectivity index (χ2v) is 21.4. The first kappa shape index (κ1) is 40.3. The van der Waals surface area contributed by atoms with Crippen LogP contribution in [0.25, 0.3) is 0 Å². The molecule has 5 fully saturated rings. The monoisotopic (exact) mass is 770 g/mol. The van der Waals surface area contributed by atoms with Gasteiger partial charge in [-0.2, -0.15) is 0 Å². The molecule has 8 nitrogen and oxygen atoms in total. The second-order valence-electron chi connectivity index (χ2n) is 21.4. The van der Waals surface area contributed by atoms with Crippen molar-refractivity contribution in [3.63, 3.8) is 0 Å². The molecule has 4 saturated carbocycles. The van der Waals surface area contributed by atoms with Crippen molar-refractivity contribution in [1.29, 1.82) is 0 Å². The molecule has 1 aliphatic heterocycles. The van der Waals surface area contributed by atoms with Crippen LogP contribution in [0.2, 0.25) is 0 Å². The number of likely N-dealkylation sites (tertiary alicyclic amines) is 1. The molecule has 56 heavy (non-hydrogen) atoms. The normalized spacial score (nSPS) is 42.0. The third-order valence-electron chi connectivity index (χ3n) is 18.8. The van der Waals surface area contributed by atoms with Gasteiger partial charge in [0.2, 0.25) is 5.88 Å². The third kappa shape index (κ3) is 6.22. The molecule has 6 aliphatic carbocycles. The van der Waals surface area contributed by atoms with E-state index in [2.05, 4.69) is 80.8 Å². The molecule has 0 amide bonds. The maximum Gasteiger partial charge on any atom is 0.313 e. The number of nitrogens with one attached hydrogen (secondary N) is 1. The molecule has 7 aliphatic rings. The van der Waals surface area contributed by atoms with Crippen LogP contribution in [0.4, 0.5) is 0 Å². The van der Waals surface area contributed by atoms with Gasteiger partial charge in [0.1, 0.15) is 18.2 Å². The molecule has 8 rings (SSSR count). The highest BCUT2D eigenvalue weighted by Gasteiger charge is 2.70. The predicted molar refractivity (Wildman–Crippen MR) is 224 cm³/mol. The zero-order chi connectivity index (χ0) is 39.7. The van der Waals surface area contributed by atoms with E-state index in [1.54, 1.807) is 10.9 Å². The first-order valence-electron chi connectivity index (χ1n) is 22.9. The quantitative estimate of drug-likeness (QED) is 0.217. The smallest absolute Gasteiger partial charge is 0.313 e. The van der Waals surface area contributed by atoms with Crippen LogP contribution in [0, 0.1) is 56.7 Å². The molecule has 1 saturated heterocycles. The summed E-state index contributed by atoms with van der Waals surface area (Å²) in [4.78, 5) is 15.5. The summed E-state index contributed by atoms with van der Waals surface area (Å²) >= 11 is 0. The summed E-state index contributed by atoms with van der Waals surface area (Å²) in [5.41, 5.74) is 4.56. The van der Waals surface area contributed by atoms with Crippen molar-refractivity contribution in [1.82, 2.24) is 25.2 Å². The lowest BCUT2D eigenvalue weighted by Crippen LogP contribution is -2.68. The van der Waals surface area contributed by atoms with Gasteiger partial charge in [0, 0.05) is 25.2 Å². The molecule has 1 unspecified atom stereocenters. The summed E-state index contributed by atoms with van der Waals surface area (Å²) in [7, 11) is 0. The Balaban J connectivity index is 1.02. The van der Waals surface area contributed by atoms with E-state index < -0.39 is 11.4 Å². The van der Waals surface area contributed by atoms with Crippen LogP contribution in [0.1, 0.15) is 145 Å². The number of aliphatic carboxylic acids is 1. The molecular formula is C48H75N5O3. The van der Waals surface area contributed by atoms with E-state index in [9.17, 15) is 9.90 Å². The van der Waals surface area contributed by atoms with E-state index >= 15 is 0 Å². The summed E-state index contributed by atoms with van der Waals surface area (Å²) < 4.78 is 7.75. The van der Waals surface area contributed by atoms with Crippen molar-refractivity contribution >= 4 is 5.97 Å². The number of carboxylic acid groups (broad SMARTS) is 1. The number of nitrogens with zero attached hydrogens (tertiary/aromatic N) is 4. The van der Waals surface area contributed by atoms with E-state index in [4.69, 9.17) is 4.74 Å². The van der Waals surface area contributed by atoms with Crippen molar-refractivity contribution in [2.75, 3.05) is 32.8 Å². The van der Waals surface area contributed by atoms with Gasteiger partial charge in [0.15, 0.2) is 0 Å². The number of piperidine rings is 1. The van der Waals surface area contributed by atoms with Gasteiger partial charge in [-0.3, -0.25) is 4.79 Å². The minimum Gasteiger partial charge on any atom is -0.481 e. The first-order valence-corrected chi connectivity index (χ1v) is 22.9. The lowest BCUT2D eigenvalue weighted by atomic mass is 9.33. The van der Waals surface area contributed by atoms with Crippen molar-refractivity contribution in [3.8, 4) is 5.88 Å². The molecule has 0 radical (unpaired) electrons. The maximum atomic E-state index is 12.8. The Labute approximate surface area is 338 Å². The summed E-state index contributed by atoms with van der Waals surface area (Å²) in [6.45, 7) is 27.9. The number of allylic oxidation sites excluding steroid dienone is 5. The molecular weight excluding hydrogens is 695 g/mol. The van der Waals surface area contributed by atoms with E-state index in [1.807, 2.05) is 6.92 Å². The van der Waals surface area contributed by atoms with Crippen LogP contribution in [-0.4, -0.2) is 69.3 Å². The van der Waals surface area contributed by atoms with Gasteiger partial charge >= 0.3 is 5.97 Å². The van der Waals surface area contributed by atoms with Crippen molar-refractivity contribution < 1.29 is 14.6 Å². The Kier molecular flexibility index (Phi) is 10.6. The van der Waals surface area contributed by atoms with E-state index in [-0.39, 0.29) is 23.0 Å². The Hall–Kier alpha value is -2.45. The minimum absolute atomic E-state index is 0.0351. The van der Waals surface area contributed by atoms with Crippen LogP contribution >= 0.6 is 0 Å². The topological polar surface area (TPSA) is 92.5 Å². The number of ether oxygens (including phenoxy) is 1. The van der Waals surface area contributed by atoms with E-state index in [0.717, 1.165) is 25.3 Å². The largest absolute Gasteiger partial charge is 0.481 e. The third-order valence-corrected chi connectivity index (χ3v) is 18.8. The average molecular weight is 770 g/mol. The Morgan fingerprint density at radius 3 is 2.43 bits per heavy atom. The number of aromatic nitrogens is 3. The summed E-state index contributed by atoms with van der Waals surface area (Å²) in [6, 6.07) is 0. The molecule has 0 spiro atoms. The molecule has 10 atom stereocenters. The van der Waals surface area contributed by atoms with Crippen molar-refractivity contribution in [3.05, 3.63) is 41.6 Å². The fraction of sp³-hybridized carbons (Fsp3) is 0.812. The lowest BCUT2D eigenvalue weighted by molar-refractivity contribution is -0.221. The number of rotatable bonds is 11. The van der Waals surface area contributed by atoms with Gasteiger partial charge in [-0.05, 0) is 179 Å². The molecule has 8 heteroatoms. The highest BCUT2D eigenvalue weighted by atomic mass is 16.5. The van der Waals surface area contributed by atoms with Gasteiger partial charge in [-0.15, -0.1) is 5.10 Å². The van der Waals surface area contributed by atoms with Crippen LogP contribution < -0.4 is 10.1 Å². The molecule has 1 aromatic heterocycles. The fourth-order valence-electron chi connectivity index (χ4n) is 15.6. The van der Waals surface area contributed by atoms with Crippen molar-refractivity contribution in [2.45, 2.75) is 157 Å². The number of hydrogen-bond donors (Lipinski definition) is 2. The maximum absolute atomic E-state index is 12.8. The predicted octanol–water partition coefficient (Wildman–Crippen LogP) is 9.88. The van der Waals surface area contributed by atoms with E-state index in [0.29, 0.717) is 59.8 Å². The number of hydrogen-bond acceptors (Lipinski definition) is 6. The Bertz CT molecular complexity index is 1720. The van der Waals surface area contributed by atoms with Gasteiger partial charge in [-0.25, -0.2) is 4.68 Å². The fourth-order valence-corrected chi connectivity index (χ4v) is 15.6. The molecule has 0 bridgehead atoms. The highest BCUT2D eigenvalue weighted by molar-refractivity contribution is 5.75. The summed E-state index contributed by atoms with van der Waals surface area (Å²) in [5.74, 6) is 3.17. The molecule has 2 heterocycles. The van der Waals surface area contributed by atoms with Crippen LogP contribution in [0.15, 0.2) is 41.6 Å². The molecule has 1 aromatic rings. The van der Waals surface area contributed by atoms with Gasteiger partial charge < -0.3 is 20.1 Å². The van der Waals surface area contributed by atoms with Crippen LogP contribution in [0.5, 0.6) is 5.88 Å². The number of carbonyl (C=O) groups is 1. The van der Waals surface area contributed by atoms with Gasteiger partial charge in [0.05, 0.1) is 0 Å². The second kappa shape index (κ2) is 14.7. The Morgan fingerprint density at radius 1 is 0.946 bits per heavy atom. The number of fused-ring (bicyclic) bond motifs is 7. The van der Waals surface area contributed by atoms with Gasteiger partial charge in [0.25, 0.3) is 0 Å². The summed E-state index contributed by atoms with van der Waals surface area (Å²) in [5, 5.41) is 22.9. The standard InChI is InChI=1S/C48H75N5O3/c1-9-53-40(31-50-51-53)56-32-47(42(54)55)22-15-34(16-23-47)36-18-20-44(6)38(43(36,4)5)19-21-46(8)39(44)14-13-37-41-35(33(2)3)17-24-48(41,26-25-45(37,46)7)49-27-30-52-28-11-10-12-29-52/h15,18,31,35,37-39,41,49H,2,9-14,16-17,19-30,32H2,1,3-8H3,(H,54,55)/t35-,37+,38-,39+,41+,44-,45+,46+,47?,48-/m0/s1. The highest BCUT2D eigenvalue weighted by Crippen LogP contribution is 2.76. The SMILES string of the molecule is C=C(C)[C@@H]1CC[C@]2(NCCN3CCCCC3)CC[C@]3(C)[C@H](CC[C@@H]4[C@@]5(C)CC=C(C6=CCC(COc7cnnn7CC)(C(=O)O)CC6)C(C)(C)[C@@H]5CC[C@]43C)[C@@H]12. The van der Waals surface area contributed by atoms with Crippen molar-refractivity contribution in [2.24, 2.45) is 56.7 Å². The van der Waals surface area contributed by atoms with Gasteiger partial charge in [-0.1, -0.05) is 70.6 Å². The lowest BCUT2D eigenvalue weighted by Gasteiger charge is -2.72. The summed E-state index contributed by atoms with van der Waals surface area (Å²) in [6.07, 6.45) is 24.2. The minimum atomic E-state index is -0.941. The zero-order valence-electron chi connectivity index (χ0n) is 36.2. The molecule has 0 aromatic carbocycles. The number of carboxylic acids is 1. The first-order chi connectivity index (χ1) is 26.6. The zero-order valence-corrected chi connectivity index (χ0v) is 36.2. The van der Waals surface area contributed by atoms with Crippen LogP contribution in [-0.2, 0) is 11.3 Å². The van der Waals surface area contributed by atoms with E-state index in [1.165, 1.54) is 107 Å². The Morgan fingerprint density at radius 2 is 1.73 bits per heavy atom. The number of aryl methyl sites for hydroxylation is 1. The average Bonchev–Trinajstić information content (AvgIpc) is 3.80. The molecule has 310 valence electrons. The molecule has 2 N–H and O–H groups in total. The van der Waals surface area contributed by atoms with Crippen LogP contribution in [0.3, 0.4) is 0 Å².